The van der Waals surface area contributed by atoms with Gasteiger partial charge in [-0.2, -0.15) is 10.5 Å². The van der Waals surface area contributed by atoms with Crippen LogP contribution in [0.2, 0.25) is 0 Å². The summed E-state index contributed by atoms with van der Waals surface area (Å²) < 4.78 is 0. The molecule has 0 aliphatic heterocycles. The number of allylic oxidation sites excluding steroid dienone is 5. The summed E-state index contributed by atoms with van der Waals surface area (Å²) in [6.07, 6.45) is 9.31. The van der Waals surface area contributed by atoms with Crippen molar-refractivity contribution in [2.24, 2.45) is 10.4 Å². The van der Waals surface area contributed by atoms with Gasteiger partial charge in [0, 0.05) is 36.6 Å². The van der Waals surface area contributed by atoms with E-state index >= 15 is 0 Å². The van der Waals surface area contributed by atoms with E-state index in [1.807, 2.05) is 48.6 Å². The summed E-state index contributed by atoms with van der Waals surface area (Å²) in [5.41, 5.74) is 5.31. The molecule has 0 fully saturated rings. The van der Waals surface area contributed by atoms with Gasteiger partial charge in [-0.25, -0.2) is 0 Å². The Bertz CT molecular complexity index is 1260. The van der Waals surface area contributed by atoms with E-state index in [-0.39, 0.29) is 16.7 Å². The lowest BCUT2D eigenvalue weighted by Crippen LogP contribution is -2.21. The fourth-order valence-electron chi connectivity index (χ4n) is 4.19. The molecule has 1 aliphatic rings. The van der Waals surface area contributed by atoms with Gasteiger partial charge in [0.15, 0.2) is 0 Å². The van der Waals surface area contributed by atoms with Crippen LogP contribution in [-0.2, 0) is 0 Å². The molecule has 178 valence electrons. The van der Waals surface area contributed by atoms with Gasteiger partial charge in [0.2, 0.25) is 0 Å². The molecule has 5 heteroatoms. The van der Waals surface area contributed by atoms with E-state index in [1.54, 1.807) is 12.3 Å². The predicted octanol–water partition coefficient (Wildman–Crippen LogP) is 7.09. The number of nitrogens with zero attached hydrogens (tertiary/aromatic N) is 4. The predicted molar refractivity (Wildman–Crippen MR) is 144 cm³/mol. The molecule has 3 rings (SSSR count). The van der Waals surface area contributed by atoms with Crippen molar-refractivity contribution in [2.75, 3.05) is 18.0 Å². The summed E-state index contributed by atoms with van der Waals surface area (Å²) in [6, 6.07) is 17.5. The van der Waals surface area contributed by atoms with Gasteiger partial charge in [0.1, 0.15) is 23.5 Å². The van der Waals surface area contributed by atoms with Crippen LogP contribution in [0, 0.1) is 28.1 Å². The zero-order valence-electron chi connectivity index (χ0n) is 20.9. The van der Waals surface area contributed by atoms with Crippen LogP contribution in [0.25, 0.3) is 6.08 Å². The van der Waals surface area contributed by atoms with Gasteiger partial charge >= 0.3 is 0 Å². The van der Waals surface area contributed by atoms with Crippen LogP contribution in [0.1, 0.15) is 51.7 Å². The summed E-state index contributed by atoms with van der Waals surface area (Å²) in [5, 5.41) is 29.3. The Balaban J connectivity index is 1.82. The van der Waals surface area contributed by atoms with E-state index in [9.17, 15) is 15.6 Å². The highest BCUT2D eigenvalue weighted by atomic mass is 16.3. The zero-order chi connectivity index (χ0) is 25.4. The summed E-state index contributed by atoms with van der Waals surface area (Å²) in [5.74, 6) is 0.200. The van der Waals surface area contributed by atoms with Crippen LogP contribution in [0.15, 0.2) is 76.3 Å². The van der Waals surface area contributed by atoms with E-state index in [4.69, 9.17) is 0 Å². The molecular weight excluding hydrogens is 432 g/mol. The maximum Gasteiger partial charge on any atom is 0.133 e. The molecule has 0 heterocycles. The van der Waals surface area contributed by atoms with Crippen molar-refractivity contribution in [1.29, 1.82) is 10.5 Å². The van der Waals surface area contributed by atoms with Crippen LogP contribution >= 0.6 is 0 Å². The van der Waals surface area contributed by atoms with Gasteiger partial charge in [-0.05, 0) is 73.1 Å². The van der Waals surface area contributed by atoms with E-state index < -0.39 is 0 Å². The minimum Gasteiger partial charge on any atom is -0.507 e. The van der Waals surface area contributed by atoms with Crippen LogP contribution < -0.4 is 4.90 Å². The normalized spacial score (nSPS) is 15.0. The van der Waals surface area contributed by atoms with Crippen molar-refractivity contribution >= 4 is 23.7 Å². The average molecular weight is 465 g/mol. The lowest BCUT2D eigenvalue weighted by Gasteiger charge is -2.30. The standard InChI is InChI=1S/C30H32N4O/c1-5-34(6-2)27-13-12-24(29(35)17-27)21-33-26-9-7-8-22(16-26)10-11-23-14-15-30(3,4)18-28(23)25(19-31)20-32/h7-14,16-17,21,35H,5-6,15,18H2,1-4H3. The van der Waals surface area contributed by atoms with Gasteiger partial charge in [-0.15, -0.1) is 0 Å². The fraction of sp³-hybridized carbons (Fsp3) is 0.300. The van der Waals surface area contributed by atoms with Gasteiger partial charge in [-0.1, -0.05) is 44.2 Å². The zero-order valence-corrected chi connectivity index (χ0v) is 20.9. The molecule has 0 saturated heterocycles. The third kappa shape index (κ3) is 6.49. The van der Waals surface area contributed by atoms with Crippen LogP contribution in [0.3, 0.4) is 0 Å². The highest BCUT2D eigenvalue weighted by Crippen LogP contribution is 2.39. The van der Waals surface area contributed by atoms with Crippen molar-refractivity contribution in [3.8, 4) is 17.9 Å². The summed E-state index contributed by atoms with van der Waals surface area (Å²) >= 11 is 0. The van der Waals surface area contributed by atoms with Gasteiger partial charge in [0.25, 0.3) is 0 Å². The maximum atomic E-state index is 10.5. The second-order valence-corrected chi connectivity index (χ2v) is 9.38. The first-order chi connectivity index (χ1) is 16.8. The third-order valence-electron chi connectivity index (χ3n) is 6.22. The average Bonchev–Trinajstić information content (AvgIpc) is 2.84. The largest absolute Gasteiger partial charge is 0.507 e. The molecular formula is C30H32N4O. The Morgan fingerprint density at radius 3 is 2.49 bits per heavy atom. The van der Waals surface area contributed by atoms with Crippen LogP contribution in [0.4, 0.5) is 11.4 Å². The number of anilines is 1. The molecule has 0 aromatic heterocycles. The molecule has 5 nitrogen and oxygen atoms in total. The molecule has 2 aromatic carbocycles. The molecule has 0 amide bonds. The second-order valence-electron chi connectivity index (χ2n) is 9.38. The minimum absolute atomic E-state index is 0.0232. The summed E-state index contributed by atoms with van der Waals surface area (Å²) in [6.45, 7) is 10.2. The highest BCUT2D eigenvalue weighted by molar-refractivity contribution is 5.86. The van der Waals surface area contributed by atoms with E-state index in [2.05, 4.69) is 55.8 Å². The Morgan fingerprint density at radius 2 is 1.83 bits per heavy atom. The molecule has 0 saturated carbocycles. The first-order valence-electron chi connectivity index (χ1n) is 11.9. The topological polar surface area (TPSA) is 83.4 Å². The number of benzene rings is 2. The molecule has 35 heavy (non-hydrogen) atoms. The Labute approximate surface area is 208 Å². The number of nitriles is 2. The molecule has 1 N–H and O–H groups in total. The molecule has 2 aromatic rings. The molecule has 0 unspecified atom stereocenters. The number of phenols is 1. The van der Waals surface area contributed by atoms with E-state index in [1.165, 1.54) is 0 Å². The van der Waals surface area contributed by atoms with E-state index in [0.29, 0.717) is 12.0 Å². The van der Waals surface area contributed by atoms with Crippen molar-refractivity contribution in [2.45, 2.75) is 40.5 Å². The van der Waals surface area contributed by atoms with Gasteiger partial charge < -0.3 is 10.0 Å². The number of rotatable bonds is 7. The number of hydrogen-bond donors (Lipinski definition) is 1. The summed E-state index contributed by atoms with van der Waals surface area (Å²) in [4.78, 5) is 6.73. The summed E-state index contributed by atoms with van der Waals surface area (Å²) in [7, 11) is 0. The Hall–Kier alpha value is -4.09. The van der Waals surface area contributed by atoms with Crippen molar-refractivity contribution in [1.82, 2.24) is 0 Å². The molecule has 0 atom stereocenters. The monoisotopic (exact) mass is 464 g/mol. The third-order valence-corrected chi connectivity index (χ3v) is 6.22. The van der Waals surface area contributed by atoms with Crippen LogP contribution in [0.5, 0.6) is 5.75 Å². The molecule has 1 aliphatic carbocycles. The van der Waals surface area contributed by atoms with Crippen LogP contribution in [-0.4, -0.2) is 24.4 Å². The SMILES string of the molecule is CCN(CC)c1ccc(C=Nc2cccc(C=CC3=CCC(C)(C)CC3=C(C#N)C#N)c2)c(O)c1. The van der Waals surface area contributed by atoms with Gasteiger partial charge in [-0.3, -0.25) is 4.99 Å². The second kappa shape index (κ2) is 11.4. The van der Waals surface area contributed by atoms with Gasteiger partial charge in [0.05, 0.1) is 5.69 Å². The highest BCUT2D eigenvalue weighted by Gasteiger charge is 2.26. The number of aromatic hydroxyl groups is 1. The smallest absolute Gasteiger partial charge is 0.133 e. The molecule has 0 radical (unpaired) electrons. The minimum atomic E-state index is 0.0232. The first kappa shape index (κ1) is 25.5. The lowest BCUT2D eigenvalue weighted by atomic mass is 9.74. The van der Waals surface area contributed by atoms with E-state index in [0.717, 1.165) is 47.6 Å². The van der Waals surface area contributed by atoms with Crippen molar-refractivity contribution in [3.05, 3.63) is 82.5 Å². The number of hydrogen-bond acceptors (Lipinski definition) is 5. The van der Waals surface area contributed by atoms with Crippen molar-refractivity contribution in [3.63, 3.8) is 0 Å². The lowest BCUT2D eigenvalue weighted by molar-refractivity contribution is 0.359. The molecule has 0 spiro atoms. The maximum absolute atomic E-state index is 10.5. The first-order valence-corrected chi connectivity index (χ1v) is 11.9. The quantitative estimate of drug-likeness (QED) is 0.350. The van der Waals surface area contributed by atoms with Crippen molar-refractivity contribution < 1.29 is 5.11 Å². The Morgan fingerprint density at radius 1 is 1.09 bits per heavy atom. The number of phenolic OH excluding ortho intramolecular Hbond substituents is 1. The number of aliphatic imine (C=N–C) groups is 1. The Kier molecular flexibility index (Phi) is 8.29. The fourth-order valence-corrected chi connectivity index (χ4v) is 4.19. The molecule has 0 bridgehead atoms.